The number of aromatic amines is 1. The third kappa shape index (κ3) is 1.09. The van der Waals surface area contributed by atoms with Crippen molar-refractivity contribution >= 4 is 6.08 Å². The van der Waals surface area contributed by atoms with Crippen LogP contribution in [0.4, 0.5) is 0 Å². The number of H-pyrrole nitrogens is 1. The molecular weight excluding hydrogens is 142 g/mol. The molecule has 0 unspecified atom stereocenters. The van der Waals surface area contributed by atoms with Gasteiger partial charge in [-0.25, -0.2) is 0 Å². The van der Waals surface area contributed by atoms with Crippen molar-refractivity contribution in [3.63, 3.8) is 0 Å². The molecule has 11 heavy (non-hydrogen) atoms. The van der Waals surface area contributed by atoms with E-state index in [9.17, 15) is 5.11 Å². The molecule has 0 aliphatic rings. The van der Waals surface area contributed by atoms with E-state index in [1.54, 1.807) is 0 Å². The topological polar surface area (TPSA) is 56.2 Å². The summed E-state index contributed by atoms with van der Waals surface area (Å²) in [7, 11) is 0. The maximum Gasteiger partial charge on any atom is 0.198 e. The lowest BCUT2D eigenvalue weighted by atomic mass is 10.1. The average molecular weight is 153 g/mol. The fourth-order valence-corrected chi connectivity index (χ4v) is 1.10. The second kappa shape index (κ2) is 2.70. The Labute approximate surface area is 65.0 Å². The first-order chi connectivity index (χ1) is 5.20. The van der Waals surface area contributed by atoms with Crippen LogP contribution in [0.5, 0.6) is 11.8 Å². The Hall–Kier alpha value is -1.38. The molecule has 0 aliphatic carbocycles. The SMILES string of the molecule is C=Cc1c(O)[nH]c(O)c1CC. The predicted octanol–water partition coefficient (Wildman–Crippen LogP) is 1.63. The van der Waals surface area contributed by atoms with Crippen LogP contribution in [0.2, 0.25) is 0 Å². The van der Waals surface area contributed by atoms with E-state index in [-0.39, 0.29) is 11.8 Å². The van der Waals surface area contributed by atoms with E-state index in [4.69, 9.17) is 5.11 Å². The predicted molar refractivity (Wildman–Crippen MR) is 43.6 cm³/mol. The van der Waals surface area contributed by atoms with Gasteiger partial charge in [-0.3, -0.25) is 4.98 Å². The smallest absolute Gasteiger partial charge is 0.198 e. The van der Waals surface area contributed by atoms with Gasteiger partial charge in [-0.15, -0.1) is 0 Å². The van der Waals surface area contributed by atoms with Gasteiger partial charge in [-0.2, -0.15) is 0 Å². The molecule has 0 saturated carbocycles. The van der Waals surface area contributed by atoms with E-state index in [1.165, 1.54) is 6.08 Å². The van der Waals surface area contributed by atoms with E-state index < -0.39 is 0 Å². The summed E-state index contributed by atoms with van der Waals surface area (Å²) in [5.41, 5.74) is 1.29. The summed E-state index contributed by atoms with van der Waals surface area (Å²) < 4.78 is 0. The number of nitrogens with one attached hydrogen (secondary N) is 1. The third-order valence-corrected chi connectivity index (χ3v) is 1.66. The summed E-state index contributed by atoms with van der Waals surface area (Å²) in [5.74, 6) is 0.00856. The zero-order valence-electron chi connectivity index (χ0n) is 6.39. The van der Waals surface area contributed by atoms with Crippen molar-refractivity contribution in [2.75, 3.05) is 0 Å². The second-order valence-corrected chi connectivity index (χ2v) is 2.27. The zero-order valence-corrected chi connectivity index (χ0v) is 6.39. The largest absolute Gasteiger partial charge is 0.494 e. The van der Waals surface area contributed by atoms with Crippen molar-refractivity contribution in [2.45, 2.75) is 13.3 Å². The minimum Gasteiger partial charge on any atom is -0.494 e. The van der Waals surface area contributed by atoms with Gasteiger partial charge in [-0.1, -0.05) is 19.6 Å². The molecule has 3 nitrogen and oxygen atoms in total. The summed E-state index contributed by atoms with van der Waals surface area (Å²) >= 11 is 0. The van der Waals surface area contributed by atoms with Gasteiger partial charge in [0.2, 0.25) is 0 Å². The Balaban J connectivity index is 3.28. The van der Waals surface area contributed by atoms with Crippen molar-refractivity contribution in [3.05, 3.63) is 17.7 Å². The van der Waals surface area contributed by atoms with Crippen molar-refractivity contribution in [3.8, 4) is 11.8 Å². The monoisotopic (exact) mass is 153 g/mol. The number of hydrogen-bond acceptors (Lipinski definition) is 2. The molecule has 0 atom stereocenters. The van der Waals surface area contributed by atoms with Crippen molar-refractivity contribution < 1.29 is 10.2 Å². The molecule has 3 N–H and O–H groups in total. The van der Waals surface area contributed by atoms with Crippen LogP contribution in [-0.2, 0) is 6.42 Å². The first kappa shape index (κ1) is 7.72. The van der Waals surface area contributed by atoms with Crippen molar-refractivity contribution in [1.29, 1.82) is 0 Å². The molecule has 0 saturated heterocycles. The minimum absolute atomic E-state index is 0.0191. The first-order valence-corrected chi connectivity index (χ1v) is 3.45. The standard InChI is InChI=1S/C8H11NO2/c1-3-5-6(4-2)8(11)9-7(5)10/h3,9-11H,1,4H2,2H3. The Kier molecular flexibility index (Phi) is 1.89. The van der Waals surface area contributed by atoms with Crippen LogP contribution in [0.25, 0.3) is 6.08 Å². The second-order valence-electron chi connectivity index (χ2n) is 2.27. The van der Waals surface area contributed by atoms with Gasteiger partial charge in [-0.05, 0) is 6.42 Å². The quantitative estimate of drug-likeness (QED) is 0.604. The van der Waals surface area contributed by atoms with Gasteiger partial charge < -0.3 is 10.2 Å². The highest BCUT2D eigenvalue weighted by atomic mass is 16.3. The lowest BCUT2D eigenvalue weighted by molar-refractivity contribution is 0.423. The van der Waals surface area contributed by atoms with Crippen LogP contribution >= 0.6 is 0 Å². The molecule has 0 aliphatic heterocycles. The molecular formula is C8H11NO2. The fraction of sp³-hybridized carbons (Fsp3) is 0.250. The molecule has 0 aromatic carbocycles. The van der Waals surface area contributed by atoms with Crippen LogP contribution in [0.1, 0.15) is 18.1 Å². The Morgan fingerprint density at radius 2 is 2.09 bits per heavy atom. The molecule has 1 aromatic rings. The highest BCUT2D eigenvalue weighted by Crippen LogP contribution is 2.29. The molecule has 0 spiro atoms. The Morgan fingerprint density at radius 1 is 1.45 bits per heavy atom. The van der Waals surface area contributed by atoms with Gasteiger partial charge in [0.1, 0.15) is 0 Å². The number of aromatic nitrogens is 1. The highest BCUT2D eigenvalue weighted by Gasteiger charge is 2.11. The van der Waals surface area contributed by atoms with E-state index in [1.807, 2.05) is 6.92 Å². The Morgan fingerprint density at radius 3 is 2.45 bits per heavy atom. The molecule has 1 aromatic heterocycles. The maximum atomic E-state index is 9.18. The number of hydrogen-bond donors (Lipinski definition) is 3. The van der Waals surface area contributed by atoms with Crippen molar-refractivity contribution in [2.24, 2.45) is 0 Å². The Bertz CT molecular complexity index is 276. The molecule has 3 heteroatoms. The normalized spacial score (nSPS) is 9.91. The molecule has 1 rings (SSSR count). The van der Waals surface area contributed by atoms with E-state index >= 15 is 0 Å². The van der Waals surface area contributed by atoms with Crippen LogP contribution < -0.4 is 0 Å². The van der Waals surface area contributed by atoms with Crippen LogP contribution in [0.15, 0.2) is 6.58 Å². The summed E-state index contributed by atoms with van der Waals surface area (Å²) in [6.45, 7) is 5.42. The van der Waals surface area contributed by atoms with Crippen LogP contribution in [-0.4, -0.2) is 15.2 Å². The van der Waals surface area contributed by atoms with Crippen LogP contribution in [0.3, 0.4) is 0 Å². The van der Waals surface area contributed by atoms with Gasteiger partial charge in [0.05, 0.1) is 0 Å². The lowest BCUT2D eigenvalue weighted by Crippen LogP contribution is -1.79. The molecule has 60 valence electrons. The minimum atomic E-state index is -0.0191. The number of rotatable bonds is 2. The molecule has 0 fully saturated rings. The summed E-state index contributed by atoms with van der Waals surface area (Å²) in [4.78, 5) is 2.42. The molecule has 0 bridgehead atoms. The van der Waals surface area contributed by atoms with Gasteiger partial charge in [0, 0.05) is 11.1 Å². The average Bonchev–Trinajstić information content (AvgIpc) is 2.24. The van der Waals surface area contributed by atoms with Gasteiger partial charge >= 0.3 is 0 Å². The molecule has 1 heterocycles. The fourth-order valence-electron chi connectivity index (χ4n) is 1.10. The highest BCUT2D eigenvalue weighted by molar-refractivity contribution is 5.61. The molecule has 0 amide bonds. The zero-order chi connectivity index (χ0) is 8.43. The van der Waals surface area contributed by atoms with E-state index in [2.05, 4.69) is 11.6 Å². The third-order valence-electron chi connectivity index (χ3n) is 1.66. The van der Waals surface area contributed by atoms with E-state index in [0.29, 0.717) is 17.5 Å². The van der Waals surface area contributed by atoms with Crippen molar-refractivity contribution in [1.82, 2.24) is 4.98 Å². The van der Waals surface area contributed by atoms with E-state index in [0.717, 1.165) is 0 Å². The van der Waals surface area contributed by atoms with Gasteiger partial charge in [0.15, 0.2) is 11.8 Å². The first-order valence-electron chi connectivity index (χ1n) is 3.45. The summed E-state index contributed by atoms with van der Waals surface area (Å²) in [6, 6.07) is 0. The summed E-state index contributed by atoms with van der Waals surface area (Å²) in [6.07, 6.45) is 2.19. The number of aromatic hydroxyl groups is 2. The molecule has 0 radical (unpaired) electrons. The van der Waals surface area contributed by atoms with Crippen LogP contribution in [0, 0.1) is 0 Å². The summed E-state index contributed by atoms with van der Waals surface area (Å²) in [5, 5.41) is 18.3. The lowest BCUT2D eigenvalue weighted by Gasteiger charge is -1.93. The van der Waals surface area contributed by atoms with Gasteiger partial charge in [0.25, 0.3) is 0 Å². The maximum absolute atomic E-state index is 9.18.